The summed E-state index contributed by atoms with van der Waals surface area (Å²) in [5.74, 6) is 0.724. The van der Waals surface area contributed by atoms with Crippen LogP contribution in [0.15, 0.2) is 36.4 Å². The van der Waals surface area contributed by atoms with Crippen LogP contribution in [0.2, 0.25) is 0 Å². The molecular formula is C14H15N3O2. The quantitative estimate of drug-likeness (QED) is 0.911. The van der Waals surface area contributed by atoms with Gasteiger partial charge in [-0.3, -0.25) is 9.48 Å². The van der Waals surface area contributed by atoms with E-state index in [9.17, 15) is 4.79 Å². The van der Waals surface area contributed by atoms with Gasteiger partial charge < -0.3 is 10.1 Å². The van der Waals surface area contributed by atoms with Gasteiger partial charge in [-0.15, -0.1) is 0 Å². The Morgan fingerprint density at radius 1 is 1.37 bits per heavy atom. The third kappa shape index (κ3) is 2.31. The minimum atomic E-state index is -0.187. The minimum Gasteiger partial charge on any atom is -0.484 e. The summed E-state index contributed by atoms with van der Waals surface area (Å²) in [6.45, 7) is 3.26. The Morgan fingerprint density at radius 2 is 2.16 bits per heavy atom. The molecule has 2 heterocycles. The summed E-state index contributed by atoms with van der Waals surface area (Å²) in [4.78, 5) is 11.7. The molecule has 0 fully saturated rings. The first kappa shape index (κ1) is 11.8. The third-order valence-electron chi connectivity index (χ3n) is 3.11. The van der Waals surface area contributed by atoms with Gasteiger partial charge in [0.25, 0.3) is 5.91 Å². The Morgan fingerprint density at radius 3 is 2.89 bits per heavy atom. The normalized spacial score (nSPS) is 15.5. The van der Waals surface area contributed by atoms with Crippen molar-refractivity contribution >= 4 is 5.91 Å². The van der Waals surface area contributed by atoms with E-state index in [1.54, 1.807) is 10.7 Å². The van der Waals surface area contributed by atoms with Gasteiger partial charge in [0.05, 0.1) is 6.54 Å². The second-order valence-electron chi connectivity index (χ2n) is 4.51. The molecule has 1 aromatic carbocycles. The summed E-state index contributed by atoms with van der Waals surface area (Å²) in [5.41, 5.74) is 1.38. The number of carbonyl (C=O) groups excluding carboxylic acids is 1. The van der Waals surface area contributed by atoms with E-state index in [0.717, 1.165) is 11.4 Å². The third-order valence-corrected chi connectivity index (χ3v) is 3.11. The van der Waals surface area contributed by atoms with E-state index in [4.69, 9.17) is 4.74 Å². The summed E-state index contributed by atoms with van der Waals surface area (Å²) in [5, 5.41) is 7.23. The molecule has 1 unspecified atom stereocenters. The molecule has 1 aliphatic heterocycles. The fourth-order valence-corrected chi connectivity index (χ4v) is 2.12. The SMILES string of the molecule is CC(Oc1ccccc1)c1cc2n(n1)CCNC2=O. The number of carbonyl (C=O) groups is 1. The van der Waals surface area contributed by atoms with Crippen molar-refractivity contribution in [2.45, 2.75) is 19.6 Å². The molecule has 5 nitrogen and oxygen atoms in total. The van der Waals surface area contributed by atoms with Crippen LogP contribution in [0.25, 0.3) is 0 Å². The molecule has 0 saturated carbocycles. The second-order valence-corrected chi connectivity index (χ2v) is 4.51. The molecule has 0 aliphatic carbocycles. The lowest BCUT2D eigenvalue weighted by atomic mass is 10.2. The lowest BCUT2D eigenvalue weighted by molar-refractivity contribution is 0.0924. The topological polar surface area (TPSA) is 56.1 Å². The number of para-hydroxylation sites is 1. The zero-order chi connectivity index (χ0) is 13.2. The average molecular weight is 257 g/mol. The van der Waals surface area contributed by atoms with Crippen molar-refractivity contribution in [3.63, 3.8) is 0 Å². The molecule has 98 valence electrons. The summed E-state index contributed by atoms with van der Waals surface area (Å²) in [6, 6.07) is 11.4. The molecular weight excluding hydrogens is 242 g/mol. The van der Waals surface area contributed by atoms with Gasteiger partial charge in [-0.25, -0.2) is 0 Å². The number of hydrogen-bond donors (Lipinski definition) is 1. The number of hydrogen-bond acceptors (Lipinski definition) is 3. The zero-order valence-electron chi connectivity index (χ0n) is 10.7. The van der Waals surface area contributed by atoms with Gasteiger partial charge in [0.15, 0.2) is 0 Å². The first-order valence-corrected chi connectivity index (χ1v) is 6.32. The van der Waals surface area contributed by atoms with Crippen molar-refractivity contribution in [3.05, 3.63) is 47.8 Å². The molecule has 0 radical (unpaired) electrons. The van der Waals surface area contributed by atoms with E-state index in [2.05, 4.69) is 10.4 Å². The molecule has 3 rings (SSSR count). The van der Waals surface area contributed by atoms with Crippen LogP contribution in [-0.4, -0.2) is 22.2 Å². The number of fused-ring (bicyclic) bond motifs is 1. The number of aromatic nitrogens is 2. The van der Waals surface area contributed by atoms with Crippen LogP contribution in [0.5, 0.6) is 5.75 Å². The van der Waals surface area contributed by atoms with Crippen molar-refractivity contribution in [2.24, 2.45) is 0 Å². The highest BCUT2D eigenvalue weighted by Crippen LogP contribution is 2.21. The van der Waals surface area contributed by atoms with Gasteiger partial charge in [0.2, 0.25) is 0 Å². The Hall–Kier alpha value is -2.30. The van der Waals surface area contributed by atoms with E-state index >= 15 is 0 Å². The highest BCUT2D eigenvalue weighted by molar-refractivity contribution is 5.93. The molecule has 19 heavy (non-hydrogen) atoms. The predicted molar refractivity (Wildman–Crippen MR) is 70.0 cm³/mol. The smallest absolute Gasteiger partial charge is 0.269 e. The van der Waals surface area contributed by atoms with Crippen LogP contribution in [0.3, 0.4) is 0 Å². The van der Waals surface area contributed by atoms with Gasteiger partial charge in [-0.1, -0.05) is 18.2 Å². The maximum Gasteiger partial charge on any atom is 0.269 e. The maximum atomic E-state index is 11.7. The monoisotopic (exact) mass is 257 g/mol. The first-order valence-electron chi connectivity index (χ1n) is 6.32. The summed E-state index contributed by atoms with van der Waals surface area (Å²) >= 11 is 0. The number of ether oxygens (including phenoxy) is 1. The minimum absolute atomic E-state index is 0.0723. The first-order chi connectivity index (χ1) is 9.24. The van der Waals surface area contributed by atoms with Crippen molar-refractivity contribution in [3.8, 4) is 5.75 Å². The van der Waals surface area contributed by atoms with E-state index < -0.39 is 0 Å². The highest BCUT2D eigenvalue weighted by Gasteiger charge is 2.22. The predicted octanol–water partition coefficient (Wildman–Crippen LogP) is 1.77. The van der Waals surface area contributed by atoms with Crippen LogP contribution in [0.4, 0.5) is 0 Å². The highest BCUT2D eigenvalue weighted by atomic mass is 16.5. The number of benzene rings is 1. The molecule has 5 heteroatoms. The largest absolute Gasteiger partial charge is 0.484 e. The molecule has 1 N–H and O–H groups in total. The van der Waals surface area contributed by atoms with Crippen LogP contribution in [0, 0.1) is 0 Å². The van der Waals surface area contributed by atoms with Gasteiger partial charge in [-0.2, -0.15) is 5.10 Å². The maximum absolute atomic E-state index is 11.7. The number of amides is 1. The average Bonchev–Trinajstić information content (AvgIpc) is 2.85. The van der Waals surface area contributed by atoms with Gasteiger partial charge in [-0.05, 0) is 25.1 Å². The number of nitrogens with zero attached hydrogens (tertiary/aromatic N) is 2. The van der Waals surface area contributed by atoms with Crippen molar-refractivity contribution in [1.29, 1.82) is 0 Å². The van der Waals surface area contributed by atoms with E-state index in [0.29, 0.717) is 18.8 Å². The molecule has 0 spiro atoms. The Balaban J connectivity index is 1.81. The molecule has 1 aliphatic rings. The fraction of sp³-hybridized carbons (Fsp3) is 0.286. The molecule has 2 aromatic rings. The van der Waals surface area contributed by atoms with E-state index in [-0.39, 0.29) is 12.0 Å². The lowest BCUT2D eigenvalue weighted by Gasteiger charge is -2.13. The van der Waals surface area contributed by atoms with Gasteiger partial charge in [0.1, 0.15) is 23.2 Å². The van der Waals surface area contributed by atoms with Crippen molar-refractivity contribution in [1.82, 2.24) is 15.1 Å². The summed E-state index contributed by atoms with van der Waals surface area (Å²) in [6.07, 6.45) is -0.187. The second kappa shape index (κ2) is 4.76. The summed E-state index contributed by atoms with van der Waals surface area (Å²) in [7, 11) is 0. The van der Waals surface area contributed by atoms with Crippen molar-refractivity contribution in [2.75, 3.05) is 6.54 Å². The molecule has 1 amide bonds. The zero-order valence-corrected chi connectivity index (χ0v) is 10.7. The molecule has 0 bridgehead atoms. The number of rotatable bonds is 3. The standard InChI is InChI=1S/C14H15N3O2/c1-10(19-11-5-3-2-4-6-11)12-9-13-14(18)15-7-8-17(13)16-12/h2-6,9-10H,7-8H2,1H3,(H,15,18). The Kier molecular flexibility index (Phi) is 2.95. The number of nitrogens with one attached hydrogen (secondary N) is 1. The molecule has 1 atom stereocenters. The van der Waals surface area contributed by atoms with Crippen LogP contribution >= 0.6 is 0 Å². The van der Waals surface area contributed by atoms with Gasteiger partial charge >= 0.3 is 0 Å². The van der Waals surface area contributed by atoms with Gasteiger partial charge in [0, 0.05) is 6.54 Å². The summed E-state index contributed by atoms with van der Waals surface area (Å²) < 4.78 is 7.54. The molecule has 0 saturated heterocycles. The van der Waals surface area contributed by atoms with Crippen molar-refractivity contribution < 1.29 is 9.53 Å². The van der Waals surface area contributed by atoms with Crippen LogP contribution in [-0.2, 0) is 6.54 Å². The lowest BCUT2D eigenvalue weighted by Crippen LogP contribution is -2.35. The van der Waals surface area contributed by atoms with Crippen LogP contribution in [0.1, 0.15) is 29.2 Å². The fourth-order valence-electron chi connectivity index (χ4n) is 2.12. The molecule has 1 aromatic heterocycles. The Labute approximate surface area is 111 Å². The van der Waals surface area contributed by atoms with E-state index in [1.807, 2.05) is 37.3 Å². The van der Waals surface area contributed by atoms with E-state index in [1.165, 1.54) is 0 Å². The van der Waals surface area contributed by atoms with Crippen LogP contribution < -0.4 is 10.1 Å². The Bertz CT molecular complexity index is 592.